The first-order chi connectivity index (χ1) is 18.6. The third-order valence-electron chi connectivity index (χ3n) is 5.64. The number of carbonyl (C=O) groups is 3. The van der Waals surface area contributed by atoms with Crippen LogP contribution in [0.3, 0.4) is 0 Å². The molecule has 11 nitrogen and oxygen atoms in total. The minimum atomic E-state index is -4.74. The van der Waals surface area contributed by atoms with E-state index >= 15 is 0 Å². The molecule has 0 spiro atoms. The summed E-state index contributed by atoms with van der Waals surface area (Å²) in [6, 6.07) is 10.3. The predicted molar refractivity (Wildman–Crippen MR) is 136 cm³/mol. The van der Waals surface area contributed by atoms with Gasteiger partial charge in [0.1, 0.15) is 5.56 Å². The van der Waals surface area contributed by atoms with E-state index in [1.807, 2.05) is 10.9 Å². The van der Waals surface area contributed by atoms with E-state index in [0.717, 1.165) is 36.1 Å². The molecule has 0 atom stereocenters. The third kappa shape index (κ3) is 6.85. The maximum atomic E-state index is 13.4. The Morgan fingerprint density at radius 2 is 1.60 bits per heavy atom. The largest absolute Gasteiger partial charge is 0.452 e. The number of sulfone groups is 1. The second-order valence-corrected chi connectivity index (χ2v) is 10.4. The fourth-order valence-corrected chi connectivity index (χ4v) is 4.22. The molecular formula is C25H23F3N4O7S. The summed E-state index contributed by atoms with van der Waals surface area (Å²) in [4.78, 5) is 50.7. The van der Waals surface area contributed by atoms with E-state index in [1.165, 1.54) is 37.3 Å². The molecule has 0 bridgehead atoms. The van der Waals surface area contributed by atoms with Crippen molar-refractivity contribution in [3.05, 3.63) is 92.9 Å². The number of aromatic nitrogens is 1. The predicted octanol–water partition coefficient (Wildman–Crippen LogP) is 2.50. The van der Waals surface area contributed by atoms with Crippen LogP contribution in [0.4, 0.5) is 18.0 Å². The summed E-state index contributed by atoms with van der Waals surface area (Å²) < 4.78 is 68.5. The van der Waals surface area contributed by atoms with Gasteiger partial charge in [-0.3, -0.25) is 24.4 Å². The van der Waals surface area contributed by atoms with Crippen LogP contribution >= 0.6 is 0 Å². The van der Waals surface area contributed by atoms with E-state index in [-0.39, 0.29) is 28.4 Å². The lowest BCUT2D eigenvalue weighted by molar-refractivity contribution is -0.137. The van der Waals surface area contributed by atoms with Crippen LogP contribution in [0, 0.1) is 6.92 Å². The number of amides is 3. The van der Waals surface area contributed by atoms with Crippen molar-refractivity contribution in [3.63, 3.8) is 0 Å². The van der Waals surface area contributed by atoms with Gasteiger partial charge in [-0.15, -0.1) is 0 Å². The minimum Gasteiger partial charge on any atom is -0.452 e. The van der Waals surface area contributed by atoms with Crippen molar-refractivity contribution in [2.45, 2.75) is 24.5 Å². The molecule has 0 unspecified atom stereocenters. The third-order valence-corrected chi connectivity index (χ3v) is 6.76. The van der Waals surface area contributed by atoms with Crippen molar-refractivity contribution < 1.29 is 40.7 Å². The lowest BCUT2D eigenvalue weighted by Crippen LogP contribution is -2.43. The fourth-order valence-electron chi connectivity index (χ4n) is 3.59. The van der Waals surface area contributed by atoms with E-state index in [2.05, 4.69) is 10.1 Å². The zero-order valence-electron chi connectivity index (χ0n) is 21.3. The van der Waals surface area contributed by atoms with Crippen molar-refractivity contribution >= 4 is 27.7 Å². The summed E-state index contributed by atoms with van der Waals surface area (Å²) >= 11 is 0. The van der Waals surface area contributed by atoms with Crippen LogP contribution in [0.1, 0.15) is 37.5 Å². The SMILES string of the molecule is COC(=O)NNC(=O)c1cc(C(=O)NCc2ccc(S(C)(=O)=O)cc2)c(=O)n(-c2cccc(C(F)(F)F)c2)c1C. The Labute approximate surface area is 225 Å². The maximum absolute atomic E-state index is 13.4. The van der Waals surface area contributed by atoms with Gasteiger partial charge >= 0.3 is 12.3 Å². The van der Waals surface area contributed by atoms with E-state index in [0.29, 0.717) is 11.6 Å². The second-order valence-electron chi connectivity index (χ2n) is 8.42. The van der Waals surface area contributed by atoms with Gasteiger partial charge in [-0.1, -0.05) is 18.2 Å². The summed E-state index contributed by atoms with van der Waals surface area (Å²) in [5.74, 6) is -1.96. The average Bonchev–Trinajstić information content (AvgIpc) is 2.89. The molecule has 40 heavy (non-hydrogen) atoms. The Hall–Kier alpha value is -4.66. The number of ether oxygens (including phenoxy) is 1. The van der Waals surface area contributed by atoms with Crippen molar-refractivity contribution in [2.75, 3.05) is 13.4 Å². The first kappa shape index (κ1) is 29.9. The molecule has 15 heteroatoms. The summed E-state index contributed by atoms with van der Waals surface area (Å²) in [7, 11) is -2.41. The quantitative estimate of drug-likeness (QED) is 0.379. The summed E-state index contributed by atoms with van der Waals surface area (Å²) in [6.07, 6.45) is -4.73. The number of nitrogens with zero attached hydrogens (tertiary/aromatic N) is 1. The highest BCUT2D eigenvalue weighted by molar-refractivity contribution is 7.90. The van der Waals surface area contributed by atoms with Crippen molar-refractivity contribution in [1.82, 2.24) is 20.7 Å². The number of rotatable bonds is 6. The summed E-state index contributed by atoms with van der Waals surface area (Å²) in [6.45, 7) is 1.13. The number of methoxy groups -OCH3 is 1. The first-order valence-electron chi connectivity index (χ1n) is 11.3. The Morgan fingerprint density at radius 3 is 2.17 bits per heavy atom. The van der Waals surface area contributed by atoms with Crippen LogP contribution in [0.5, 0.6) is 0 Å². The Bertz CT molecular complexity index is 1630. The number of hydrazine groups is 1. The zero-order chi connectivity index (χ0) is 29.8. The van der Waals surface area contributed by atoms with Gasteiger partial charge in [0.05, 0.1) is 23.1 Å². The van der Waals surface area contributed by atoms with Gasteiger partial charge in [0.2, 0.25) is 0 Å². The Kier molecular flexibility index (Phi) is 8.68. The highest BCUT2D eigenvalue weighted by atomic mass is 32.2. The zero-order valence-corrected chi connectivity index (χ0v) is 22.1. The second kappa shape index (κ2) is 11.6. The fraction of sp³-hybridized carbons (Fsp3) is 0.200. The van der Waals surface area contributed by atoms with Crippen molar-refractivity contribution in [2.24, 2.45) is 0 Å². The molecule has 1 aromatic heterocycles. The molecule has 0 saturated carbocycles. The Balaban J connectivity index is 2.06. The summed E-state index contributed by atoms with van der Waals surface area (Å²) in [5, 5.41) is 2.47. The molecule has 3 aromatic rings. The molecule has 0 fully saturated rings. The van der Waals surface area contributed by atoms with Gasteiger partial charge < -0.3 is 10.1 Å². The molecule has 2 aromatic carbocycles. The number of benzene rings is 2. The number of nitrogens with one attached hydrogen (secondary N) is 3. The van der Waals surface area contributed by atoms with Crippen LogP contribution in [0.2, 0.25) is 0 Å². The van der Waals surface area contributed by atoms with Gasteiger partial charge in [0.15, 0.2) is 9.84 Å². The van der Waals surface area contributed by atoms with E-state index < -0.39 is 50.6 Å². The standard InChI is InChI=1S/C25H23F3N4O7S/c1-14-19(22(34)30-31-24(36)39-2)12-20(21(33)29-13-15-7-9-18(10-8-15)40(3,37)38)23(35)32(14)17-6-4-5-16(11-17)25(26,27)28/h4-12H,13H2,1-3H3,(H,29,33)(H,30,34)(H,31,36). The topological polar surface area (TPSA) is 153 Å². The first-order valence-corrected chi connectivity index (χ1v) is 13.2. The van der Waals surface area contributed by atoms with Gasteiger partial charge in [-0.05, 0) is 48.9 Å². The van der Waals surface area contributed by atoms with Crippen LogP contribution in [-0.2, 0) is 27.3 Å². The highest BCUT2D eigenvalue weighted by Gasteiger charge is 2.31. The van der Waals surface area contributed by atoms with Crippen molar-refractivity contribution in [3.8, 4) is 5.69 Å². The molecule has 0 aliphatic carbocycles. The molecule has 0 saturated heterocycles. The number of carbonyl (C=O) groups excluding carboxylic acids is 3. The Morgan fingerprint density at radius 1 is 0.950 bits per heavy atom. The molecule has 3 N–H and O–H groups in total. The molecule has 0 aliphatic rings. The number of hydrogen-bond donors (Lipinski definition) is 3. The van der Waals surface area contributed by atoms with Gasteiger partial charge in [-0.2, -0.15) is 13.2 Å². The maximum Gasteiger partial charge on any atom is 0.425 e. The molecule has 0 aliphatic heterocycles. The molecule has 212 valence electrons. The lowest BCUT2D eigenvalue weighted by Gasteiger charge is -2.18. The monoisotopic (exact) mass is 580 g/mol. The minimum absolute atomic E-state index is 0.0568. The van der Waals surface area contributed by atoms with Gasteiger partial charge in [0, 0.05) is 24.2 Å². The highest BCUT2D eigenvalue weighted by Crippen LogP contribution is 2.30. The lowest BCUT2D eigenvalue weighted by atomic mass is 10.1. The molecule has 3 rings (SSSR count). The van der Waals surface area contributed by atoms with E-state index in [4.69, 9.17) is 0 Å². The molecule has 0 radical (unpaired) electrons. The summed E-state index contributed by atoms with van der Waals surface area (Å²) in [5.41, 5.74) is 1.07. The molecular weight excluding hydrogens is 557 g/mol. The molecule has 1 heterocycles. The number of hydrogen-bond acceptors (Lipinski definition) is 7. The van der Waals surface area contributed by atoms with Crippen LogP contribution in [0.25, 0.3) is 5.69 Å². The van der Waals surface area contributed by atoms with E-state index in [9.17, 15) is 40.8 Å². The van der Waals surface area contributed by atoms with Crippen LogP contribution < -0.4 is 21.7 Å². The number of alkyl halides is 3. The van der Waals surface area contributed by atoms with Crippen molar-refractivity contribution in [1.29, 1.82) is 0 Å². The average molecular weight is 581 g/mol. The van der Waals surface area contributed by atoms with Gasteiger partial charge in [0.25, 0.3) is 17.4 Å². The van der Waals surface area contributed by atoms with Crippen LogP contribution in [0.15, 0.2) is 64.3 Å². The normalized spacial score (nSPS) is 11.4. The number of halogens is 3. The molecule has 3 amide bonds. The van der Waals surface area contributed by atoms with Crippen LogP contribution in [-0.4, -0.2) is 44.3 Å². The van der Waals surface area contributed by atoms with E-state index in [1.54, 1.807) is 0 Å². The number of pyridine rings is 1. The smallest absolute Gasteiger partial charge is 0.425 e. The van der Waals surface area contributed by atoms with Gasteiger partial charge in [-0.25, -0.2) is 18.6 Å².